The van der Waals surface area contributed by atoms with Crippen molar-refractivity contribution in [1.29, 1.82) is 0 Å². The van der Waals surface area contributed by atoms with E-state index in [9.17, 15) is 0 Å². The zero-order chi connectivity index (χ0) is 22.9. The van der Waals surface area contributed by atoms with E-state index in [0.717, 1.165) is 18.8 Å². The molecule has 0 aliphatic heterocycles. The molecule has 4 heteroatoms. The van der Waals surface area contributed by atoms with Gasteiger partial charge < -0.3 is 13.9 Å². The van der Waals surface area contributed by atoms with Gasteiger partial charge >= 0.3 is 0 Å². The number of hydrogen-bond acceptors (Lipinski definition) is 3. The Morgan fingerprint density at radius 2 is 1.35 bits per heavy atom. The van der Waals surface area contributed by atoms with Gasteiger partial charge in [-0.3, -0.25) is 0 Å². The van der Waals surface area contributed by atoms with Gasteiger partial charge in [-0.2, -0.15) is 0 Å². The Morgan fingerprint density at radius 1 is 0.774 bits per heavy atom. The third kappa shape index (κ3) is 6.93. The summed E-state index contributed by atoms with van der Waals surface area (Å²) >= 11 is 0. The zero-order valence-electron chi connectivity index (χ0n) is 20.6. The standard InChI is InChI=1S/C27H42O3Si/c1-8-28-27(18-19-30-31(21(2)3,22(4)5)23(6)7)25-14-16-26(17-15-25)29-20-24-12-10-9-11-13-24/h9-17,21-23,27H,8,18-20H2,1-7H3/t27-/m0/s1. The molecule has 0 saturated heterocycles. The molecule has 3 nitrogen and oxygen atoms in total. The van der Waals surface area contributed by atoms with E-state index in [1.165, 1.54) is 11.1 Å². The highest BCUT2D eigenvalue weighted by Gasteiger charge is 2.44. The second kappa shape index (κ2) is 12.4. The highest BCUT2D eigenvalue weighted by atomic mass is 28.4. The van der Waals surface area contributed by atoms with Gasteiger partial charge in [0.1, 0.15) is 12.4 Å². The van der Waals surface area contributed by atoms with Gasteiger partial charge in [0.05, 0.1) is 6.10 Å². The van der Waals surface area contributed by atoms with Crippen molar-refractivity contribution in [3.63, 3.8) is 0 Å². The van der Waals surface area contributed by atoms with Crippen molar-refractivity contribution in [2.45, 2.75) is 84.2 Å². The van der Waals surface area contributed by atoms with Crippen LogP contribution in [-0.2, 0) is 15.8 Å². The first kappa shape index (κ1) is 25.6. The van der Waals surface area contributed by atoms with Crippen molar-refractivity contribution >= 4 is 8.32 Å². The molecule has 172 valence electrons. The third-order valence-electron chi connectivity index (χ3n) is 6.31. The molecule has 0 spiro atoms. The number of hydrogen-bond donors (Lipinski definition) is 0. The van der Waals surface area contributed by atoms with Gasteiger partial charge in [-0.05, 0) is 53.2 Å². The molecule has 0 aromatic heterocycles. The molecule has 2 aromatic carbocycles. The predicted octanol–water partition coefficient (Wildman–Crippen LogP) is 7.93. The van der Waals surface area contributed by atoms with Gasteiger partial charge in [0, 0.05) is 13.2 Å². The zero-order valence-corrected chi connectivity index (χ0v) is 21.6. The molecule has 0 N–H and O–H groups in total. The Bertz CT molecular complexity index is 719. The highest BCUT2D eigenvalue weighted by Crippen LogP contribution is 2.42. The summed E-state index contributed by atoms with van der Waals surface area (Å²) in [6.45, 7) is 18.1. The van der Waals surface area contributed by atoms with Crippen LogP contribution >= 0.6 is 0 Å². The summed E-state index contributed by atoms with van der Waals surface area (Å²) in [7, 11) is -1.85. The molecule has 1 atom stereocenters. The summed E-state index contributed by atoms with van der Waals surface area (Å²) in [6.07, 6.45) is 0.922. The normalized spacial score (nSPS) is 13.2. The second-order valence-corrected chi connectivity index (χ2v) is 14.7. The Kier molecular flexibility index (Phi) is 10.3. The van der Waals surface area contributed by atoms with Crippen molar-refractivity contribution in [1.82, 2.24) is 0 Å². The van der Waals surface area contributed by atoms with Crippen LogP contribution in [0.4, 0.5) is 0 Å². The van der Waals surface area contributed by atoms with Crippen molar-refractivity contribution in [3.8, 4) is 5.75 Å². The van der Waals surface area contributed by atoms with Crippen LogP contribution in [0.3, 0.4) is 0 Å². The first-order valence-corrected chi connectivity index (χ1v) is 14.0. The highest BCUT2D eigenvalue weighted by molar-refractivity contribution is 6.77. The van der Waals surface area contributed by atoms with Crippen molar-refractivity contribution in [3.05, 3.63) is 65.7 Å². The summed E-state index contributed by atoms with van der Waals surface area (Å²) in [5, 5.41) is 0. The van der Waals surface area contributed by atoms with E-state index < -0.39 is 8.32 Å². The van der Waals surface area contributed by atoms with E-state index in [1.54, 1.807) is 0 Å². The van der Waals surface area contributed by atoms with Gasteiger partial charge in [-0.15, -0.1) is 0 Å². The van der Waals surface area contributed by atoms with E-state index >= 15 is 0 Å². The first-order chi connectivity index (χ1) is 14.8. The Labute approximate surface area is 191 Å². The maximum absolute atomic E-state index is 6.76. The predicted molar refractivity (Wildman–Crippen MR) is 133 cm³/mol. The molecule has 0 radical (unpaired) electrons. The smallest absolute Gasteiger partial charge is 0.200 e. The van der Waals surface area contributed by atoms with Crippen LogP contribution in [-0.4, -0.2) is 21.5 Å². The summed E-state index contributed by atoms with van der Waals surface area (Å²) in [4.78, 5) is 0. The fourth-order valence-corrected chi connectivity index (χ4v) is 10.4. The van der Waals surface area contributed by atoms with Crippen LogP contribution in [0.5, 0.6) is 5.75 Å². The lowest BCUT2D eigenvalue weighted by Crippen LogP contribution is -2.48. The Balaban J connectivity index is 1.99. The first-order valence-electron chi connectivity index (χ1n) is 11.8. The summed E-state index contributed by atoms with van der Waals surface area (Å²) in [6, 6.07) is 18.6. The van der Waals surface area contributed by atoms with E-state index in [2.05, 4.69) is 72.7 Å². The lowest BCUT2D eigenvalue weighted by molar-refractivity contribution is 0.0439. The molecule has 31 heavy (non-hydrogen) atoms. The molecule has 0 fully saturated rings. The van der Waals surface area contributed by atoms with Crippen LogP contribution in [0.2, 0.25) is 16.6 Å². The van der Waals surface area contributed by atoms with Crippen LogP contribution in [0, 0.1) is 0 Å². The topological polar surface area (TPSA) is 27.7 Å². The molecule has 0 amide bonds. The molecule has 0 bridgehead atoms. The molecule has 0 aliphatic rings. The lowest BCUT2D eigenvalue weighted by Gasteiger charge is -2.42. The average molecular weight is 443 g/mol. The maximum atomic E-state index is 6.76. The van der Waals surface area contributed by atoms with Crippen LogP contribution in [0.1, 0.15) is 72.1 Å². The van der Waals surface area contributed by atoms with Crippen LogP contribution in [0.25, 0.3) is 0 Å². The Morgan fingerprint density at radius 3 is 1.87 bits per heavy atom. The fourth-order valence-electron chi connectivity index (χ4n) is 4.91. The largest absolute Gasteiger partial charge is 0.489 e. The van der Waals surface area contributed by atoms with Gasteiger partial charge in [0.2, 0.25) is 0 Å². The molecular weight excluding hydrogens is 400 g/mol. The molecule has 2 aromatic rings. The van der Waals surface area contributed by atoms with Crippen LogP contribution < -0.4 is 4.74 Å². The lowest BCUT2D eigenvalue weighted by atomic mass is 10.1. The van der Waals surface area contributed by atoms with Gasteiger partial charge in [0.25, 0.3) is 0 Å². The monoisotopic (exact) mass is 442 g/mol. The van der Waals surface area contributed by atoms with Crippen LogP contribution in [0.15, 0.2) is 54.6 Å². The van der Waals surface area contributed by atoms with Gasteiger partial charge in [-0.1, -0.05) is 84.0 Å². The van der Waals surface area contributed by atoms with Gasteiger partial charge in [-0.25, -0.2) is 0 Å². The SMILES string of the molecule is CCO[C@@H](CCO[Si](C(C)C)(C(C)C)C(C)C)c1ccc(OCc2ccccc2)cc1. The summed E-state index contributed by atoms with van der Waals surface area (Å²) in [5.74, 6) is 0.880. The maximum Gasteiger partial charge on any atom is 0.200 e. The minimum atomic E-state index is -1.85. The minimum Gasteiger partial charge on any atom is -0.489 e. The summed E-state index contributed by atoms with van der Waals surface area (Å²) < 4.78 is 18.8. The quantitative estimate of drug-likeness (QED) is 0.295. The van der Waals surface area contributed by atoms with Gasteiger partial charge in [0.15, 0.2) is 8.32 Å². The van der Waals surface area contributed by atoms with E-state index in [0.29, 0.717) is 29.8 Å². The van der Waals surface area contributed by atoms with Crippen molar-refractivity contribution in [2.75, 3.05) is 13.2 Å². The second-order valence-electron chi connectivity index (χ2n) is 9.24. The Hall–Kier alpha value is -1.62. The summed E-state index contributed by atoms with van der Waals surface area (Å²) in [5.41, 5.74) is 4.14. The number of benzene rings is 2. The molecule has 0 aliphatic carbocycles. The van der Waals surface area contributed by atoms with E-state index in [-0.39, 0.29) is 6.10 Å². The number of rotatable bonds is 13. The molecule has 0 unspecified atom stereocenters. The average Bonchev–Trinajstić information content (AvgIpc) is 2.75. The fraction of sp³-hybridized carbons (Fsp3) is 0.556. The molecular formula is C27H42O3Si. The van der Waals surface area contributed by atoms with E-state index in [4.69, 9.17) is 13.9 Å². The van der Waals surface area contributed by atoms with E-state index in [1.807, 2.05) is 30.3 Å². The molecule has 0 heterocycles. The van der Waals surface area contributed by atoms with Crippen molar-refractivity contribution < 1.29 is 13.9 Å². The van der Waals surface area contributed by atoms with Crippen molar-refractivity contribution in [2.24, 2.45) is 0 Å². The third-order valence-corrected chi connectivity index (χ3v) is 12.4. The molecule has 0 saturated carbocycles. The number of ether oxygens (including phenoxy) is 2. The minimum absolute atomic E-state index is 0.0476. The molecule has 2 rings (SSSR count).